The summed E-state index contributed by atoms with van der Waals surface area (Å²) in [6.07, 6.45) is 0.921. The van der Waals surface area contributed by atoms with Crippen molar-refractivity contribution >= 4 is 5.69 Å². The van der Waals surface area contributed by atoms with E-state index in [0.29, 0.717) is 11.3 Å². The highest BCUT2D eigenvalue weighted by Crippen LogP contribution is 2.33. The van der Waals surface area contributed by atoms with Gasteiger partial charge in [-0.3, -0.25) is 0 Å². The molecular formula is C15H17F3N2. The lowest BCUT2D eigenvalue weighted by Crippen LogP contribution is -2.28. The summed E-state index contributed by atoms with van der Waals surface area (Å²) >= 11 is 0. The third-order valence-corrected chi connectivity index (χ3v) is 3.64. The summed E-state index contributed by atoms with van der Waals surface area (Å²) in [7, 11) is 0. The summed E-state index contributed by atoms with van der Waals surface area (Å²) in [6, 6.07) is 5.36. The van der Waals surface area contributed by atoms with Crippen LogP contribution in [0.4, 0.5) is 18.9 Å². The van der Waals surface area contributed by atoms with E-state index in [-0.39, 0.29) is 0 Å². The number of nitriles is 1. The second-order valence-electron chi connectivity index (χ2n) is 5.10. The largest absolute Gasteiger partial charge is 0.416 e. The molecule has 0 bridgehead atoms. The molecule has 5 heteroatoms. The number of benzene rings is 1. The van der Waals surface area contributed by atoms with Crippen molar-refractivity contribution in [2.24, 2.45) is 0 Å². The fourth-order valence-electron chi connectivity index (χ4n) is 2.55. The van der Waals surface area contributed by atoms with E-state index in [9.17, 15) is 13.2 Å². The van der Waals surface area contributed by atoms with E-state index in [2.05, 4.69) is 0 Å². The lowest BCUT2D eigenvalue weighted by molar-refractivity contribution is -0.137. The van der Waals surface area contributed by atoms with Crippen LogP contribution in [0.25, 0.3) is 0 Å². The quantitative estimate of drug-likeness (QED) is 0.765. The summed E-state index contributed by atoms with van der Waals surface area (Å²) in [5, 5.41) is 9.11. The van der Waals surface area contributed by atoms with Gasteiger partial charge in [0.05, 0.1) is 16.8 Å². The first-order valence-electron chi connectivity index (χ1n) is 6.88. The molecule has 0 aliphatic carbocycles. The van der Waals surface area contributed by atoms with Gasteiger partial charge in [-0.1, -0.05) is 19.3 Å². The topological polar surface area (TPSA) is 27.0 Å². The van der Waals surface area contributed by atoms with Crippen LogP contribution in [0.15, 0.2) is 18.2 Å². The van der Waals surface area contributed by atoms with Crippen LogP contribution >= 0.6 is 0 Å². The highest BCUT2D eigenvalue weighted by molar-refractivity contribution is 5.61. The summed E-state index contributed by atoms with van der Waals surface area (Å²) in [4.78, 5) is 1.92. The number of anilines is 1. The Kier molecular flexibility index (Phi) is 4.53. The molecule has 20 heavy (non-hydrogen) atoms. The number of halogens is 3. The van der Waals surface area contributed by atoms with Crippen LogP contribution < -0.4 is 4.90 Å². The number of hydrogen-bond acceptors (Lipinski definition) is 2. The Morgan fingerprint density at radius 3 is 2.15 bits per heavy atom. The van der Waals surface area contributed by atoms with Crippen molar-refractivity contribution in [3.05, 3.63) is 29.3 Å². The molecule has 1 saturated heterocycles. The average Bonchev–Trinajstić information content (AvgIpc) is 2.36. The summed E-state index contributed by atoms with van der Waals surface area (Å²) < 4.78 is 38.4. The molecular weight excluding hydrogens is 265 g/mol. The van der Waals surface area contributed by atoms with Gasteiger partial charge in [0.15, 0.2) is 0 Å². The molecule has 0 N–H and O–H groups in total. The molecule has 0 amide bonds. The minimum absolute atomic E-state index is 0.318. The number of hydrogen-bond donors (Lipinski definition) is 0. The number of nitrogens with zero attached hydrogens (tertiary/aromatic N) is 2. The van der Waals surface area contributed by atoms with Crippen molar-refractivity contribution in [2.75, 3.05) is 18.0 Å². The lowest BCUT2D eigenvalue weighted by atomic mass is 10.0. The average molecular weight is 282 g/mol. The van der Waals surface area contributed by atoms with E-state index in [1.807, 2.05) is 11.0 Å². The Bertz CT molecular complexity index is 495. The van der Waals surface area contributed by atoms with Crippen LogP contribution in [0.1, 0.15) is 43.2 Å². The van der Waals surface area contributed by atoms with E-state index in [1.54, 1.807) is 0 Å². The maximum Gasteiger partial charge on any atom is 0.416 e. The zero-order valence-electron chi connectivity index (χ0n) is 11.2. The van der Waals surface area contributed by atoms with E-state index in [0.717, 1.165) is 50.9 Å². The Morgan fingerprint density at radius 1 is 1.00 bits per heavy atom. The van der Waals surface area contributed by atoms with Gasteiger partial charge < -0.3 is 4.90 Å². The number of alkyl halides is 3. The Morgan fingerprint density at radius 2 is 1.60 bits per heavy atom. The van der Waals surface area contributed by atoms with E-state index < -0.39 is 11.7 Å². The van der Waals surface area contributed by atoms with Crippen molar-refractivity contribution in [1.29, 1.82) is 5.26 Å². The second-order valence-corrected chi connectivity index (χ2v) is 5.10. The molecule has 1 aromatic carbocycles. The van der Waals surface area contributed by atoms with Crippen molar-refractivity contribution in [2.45, 2.75) is 38.3 Å². The first kappa shape index (κ1) is 14.7. The van der Waals surface area contributed by atoms with Gasteiger partial charge in [-0.25, -0.2) is 0 Å². The molecule has 0 aromatic heterocycles. The molecule has 0 unspecified atom stereocenters. The Labute approximate surface area is 116 Å². The molecule has 0 radical (unpaired) electrons. The van der Waals surface area contributed by atoms with Gasteiger partial charge in [0.2, 0.25) is 0 Å². The molecule has 1 aliphatic heterocycles. The van der Waals surface area contributed by atoms with Crippen molar-refractivity contribution in [1.82, 2.24) is 0 Å². The molecule has 1 aromatic rings. The van der Waals surface area contributed by atoms with Gasteiger partial charge in [-0.2, -0.15) is 18.4 Å². The molecule has 0 atom stereocenters. The van der Waals surface area contributed by atoms with Gasteiger partial charge in [-0.05, 0) is 31.0 Å². The van der Waals surface area contributed by atoms with Crippen LogP contribution in [-0.2, 0) is 6.18 Å². The lowest BCUT2D eigenvalue weighted by Gasteiger charge is -2.28. The molecule has 0 saturated carbocycles. The van der Waals surface area contributed by atoms with Gasteiger partial charge in [0.25, 0.3) is 0 Å². The fraction of sp³-hybridized carbons (Fsp3) is 0.533. The fourth-order valence-corrected chi connectivity index (χ4v) is 2.55. The monoisotopic (exact) mass is 282 g/mol. The van der Waals surface area contributed by atoms with Crippen LogP contribution in [0.5, 0.6) is 0 Å². The Hall–Kier alpha value is -1.70. The van der Waals surface area contributed by atoms with Gasteiger partial charge >= 0.3 is 6.18 Å². The first-order valence-corrected chi connectivity index (χ1v) is 6.88. The van der Waals surface area contributed by atoms with Gasteiger partial charge in [0, 0.05) is 13.1 Å². The van der Waals surface area contributed by atoms with Crippen LogP contribution in [0, 0.1) is 11.3 Å². The summed E-state index contributed by atoms with van der Waals surface area (Å²) in [6.45, 7) is 1.44. The van der Waals surface area contributed by atoms with E-state index in [1.165, 1.54) is 12.5 Å². The third-order valence-electron chi connectivity index (χ3n) is 3.64. The third kappa shape index (κ3) is 3.44. The highest BCUT2D eigenvalue weighted by Gasteiger charge is 2.31. The van der Waals surface area contributed by atoms with Gasteiger partial charge in [-0.15, -0.1) is 0 Å². The molecule has 108 valence electrons. The maximum atomic E-state index is 12.8. The minimum atomic E-state index is -4.37. The van der Waals surface area contributed by atoms with Crippen LogP contribution in [-0.4, -0.2) is 13.1 Å². The maximum absolute atomic E-state index is 12.8. The summed E-state index contributed by atoms with van der Waals surface area (Å²) in [5.74, 6) is 0. The predicted octanol–water partition coefficient (Wildman–Crippen LogP) is 4.35. The molecule has 1 heterocycles. The highest BCUT2D eigenvalue weighted by atomic mass is 19.4. The molecule has 2 nitrogen and oxygen atoms in total. The standard InChI is InChI=1S/C15H17F3N2/c16-15(17,18)13-7-6-12(11-19)14(10-13)20-8-4-2-1-3-5-9-20/h6-7,10H,1-5,8-9H2. The van der Waals surface area contributed by atoms with Crippen molar-refractivity contribution in [3.8, 4) is 6.07 Å². The summed E-state index contributed by atoms with van der Waals surface area (Å²) in [5.41, 5.74) is 0.0522. The van der Waals surface area contributed by atoms with Crippen LogP contribution in [0.2, 0.25) is 0 Å². The second kappa shape index (κ2) is 6.17. The van der Waals surface area contributed by atoms with E-state index in [4.69, 9.17) is 5.26 Å². The number of rotatable bonds is 1. The molecule has 1 aliphatic rings. The molecule has 1 fully saturated rings. The predicted molar refractivity (Wildman–Crippen MR) is 71.5 cm³/mol. The minimum Gasteiger partial charge on any atom is -0.370 e. The smallest absolute Gasteiger partial charge is 0.370 e. The van der Waals surface area contributed by atoms with Gasteiger partial charge in [0.1, 0.15) is 6.07 Å². The normalized spacial score (nSPS) is 17.2. The zero-order valence-corrected chi connectivity index (χ0v) is 11.2. The first-order chi connectivity index (χ1) is 9.52. The molecule has 2 rings (SSSR count). The van der Waals surface area contributed by atoms with Crippen molar-refractivity contribution in [3.63, 3.8) is 0 Å². The van der Waals surface area contributed by atoms with E-state index >= 15 is 0 Å². The Balaban J connectivity index is 2.34. The molecule has 0 spiro atoms. The van der Waals surface area contributed by atoms with Crippen LogP contribution in [0.3, 0.4) is 0 Å². The zero-order chi connectivity index (χ0) is 14.6. The van der Waals surface area contributed by atoms with Crippen molar-refractivity contribution < 1.29 is 13.2 Å². The SMILES string of the molecule is N#Cc1ccc(C(F)(F)F)cc1N1CCCCCCC1.